The maximum atomic E-state index is 12.5. The van der Waals surface area contributed by atoms with Gasteiger partial charge in [-0.15, -0.1) is 0 Å². The Kier molecular flexibility index (Phi) is 7.55. The van der Waals surface area contributed by atoms with Gasteiger partial charge in [0, 0.05) is 6.20 Å². The molecule has 6 nitrogen and oxygen atoms in total. The molecule has 0 fully saturated rings. The van der Waals surface area contributed by atoms with Crippen molar-refractivity contribution in [1.29, 1.82) is 0 Å². The van der Waals surface area contributed by atoms with Crippen LogP contribution in [0.4, 0.5) is 4.79 Å². The Morgan fingerprint density at radius 2 is 1.47 bits per heavy atom. The van der Waals surface area contributed by atoms with E-state index >= 15 is 0 Å². The number of hydrogen-bond donors (Lipinski definition) is 0. The summed E-state index contributed by atoms with van der Waals surface area (Å²) in [4.78, 5) is 28.6. The van der Waals surface area contributed by atoms with Crippen LogP contribution in [0, 0.1) is 0 Å². The molecule has 0 saturated carbocycles. The van der Waals surface area contributed by atoms with E-state index in [0.29, 0.717) is 18.1 Å². The molecule has 0 amide bonds. The first-order valence-corrected chi connectivity index (χ1v) is 9.61. The molecule has 0 N–H and O–H groups in total. The molecule has 0 radical (unpaired) electrons. The summed E-state index contributed by atoms with van der Waals surface area (Å²) in [5.41, 5.74) is 2.35. The lowest BCUT2D eigenvalue weighted by Crippen LogP contribution is -2.20. The van der Waals surface area contributed by atoms with Gasteiger partial charge in [0.15, 0.2) is 12.4 Å². The molecule has 3 aromatic rings. The summed E-state index contributed by atoms with van der Waals surface area (Å²) in [7, 11) is 0. The molecule has 6 heteroatoms. The summed E-state index contributed by atoms with van der Waals surface area (Å²) >= 11 is 0. The van der Waals surface area contributed by atoms with Crippen LogP contribution in [0.2, 0.25) is 0 Å². The summed E-state index contributed by atoms with van der Waals surface area (Å²) in [6.45, 7) is 1.76. The Morgan fingerprint density at radius 3 is 2.13 bits per heavy atom. The minimum Gasteiger partial charge on any atom is -0.487 e. The molecular formula is C24H23NO5. The summed E-state index contributed by atoms with van der Waals surface area (Å²) in [6.07, 6.45) is 0.713. The van der Waals surface area contributed by atoms with Gasteiger partial charge in [0.1, 0.15) is 19.0 Å². The fourth-order valence-corrected chi connectivity index (χ4v) is 2.75. The van der Waals surface area contributed by atoms with E-state index in [1.165, 1.54) is 0 Å². The Balaban J connectivity index is 1.52. The quantitative estimate of drug-likeness (QED) is 0.481. The smallest absolute Gasteiger partial charge is 0.487 e. The minimum absolute atomic E-state index is 0.0845. The second-order valence-corrected chi connectivity index (χ2v) is 6.66. The van der Waals surface area contributed by atoms with Crippen molar-refractivity contribution in [2.24, 2.45) is 0 Å². The average Bonchev–Trinajstić information content (AvgIpc) is 2.81. The number of ketones is 1. The standard InChI is InChI=1S/C24H23NO5/c1-18(21(26)17-30-24(27)29-16-20-11-6-3-7-12-20)23-22(13-8-14-25-23)28-15-19-9-4-2-5-10-19/h2-14,18H,15-17H2,1H3. The largest absolute Gasteiger partial charge is 0.509 e. The fraction of sp³-hybridized carbons (Fsp3) is 0.208. The van der Waals surface area contributed by atoms with Crippen LogP contribution in [0.1, 0.15) is 29.7 Å². The number of nitrogens with zero attached hydrogens (tertiary/aromatic N) is 1. The van der Waals surface area contributed by atoms with Gasteiger partial charge in [0.25, 0.3) is 0 Å². The number of Topliss-reactive ketones (excluding diaryl/α,β-unsaturated/α-hetero) is 1. The number of aromatic nitrogens is 1. The van der Waals surface area contributed by atoms with Crippen molar-refractivity contribution in [3.05, 3.63) is 95.8 Å². The number of hydrogen-bond acceptors (Lipinski definition) is 6. The van der Waals surface area contributed by atoms with E-state index in [9.17, 15) is 9.59 Å². The first kappa shape index (κ1) is 21.0. The molecule has 0 aliphatic rings. The molecule has 0 aliphatic heterocycles. The second kappa shape index (κ2) is 10.8. The Hall–Kier alpha value is -3.67. The van der Waals surface area contributed by atoms with Gasteiger partial charge in [-0.1, -0.05) is 60.7 Å². The summed E-state index contributed by atoms with van der Waals surface area (Å²) in [6, 6.07) is 22.5. The lowest BCUT2D eigenvalue weighted by atomic mass is 10.0. The van der Waals surface area contributed by atoms with E-state index in [-0.39, 0.29) is 12.4 Å². The molecule has 0 saturated heterocycles. The van der Waals surface area contributed by atoms with Gasteiger partial charge in [-0.25, -0.2) is 4.79 Å². The van der Waals surface area contributed by atoms with Crippen LogP contribution in [0.15, 0.2) is 79.0 Å². The normalized spacial score (nSPS) is 11.4. The third-order valence-electron chi connectivity index (χ3n) is 4.46. The Bertz CT molecular complexity index is 960. The van der Waals surface area contributed by atoms with E-state index in [0.717, 1.165) is 11.1 Å². The zero-order chi connectivity index (χ0) is 21.2. The van der Waals surface area contributed by atoms with E-state index < -0.39 is 18.7 Å². The maximum Gasteiger partial charge on any atom is 0.509 e. The summed E-state index contributed by atoms with van der Waals surface area (Å²) < 4.78 is 15.8. The number of benzene rings is 2. The lowest BCUT2D eigenvalue weighted by Gasteiger charge is -2.15. The number of carbonyl (C=O) groups excluding carboxylic acids is 2. The molecule has 154 valence electrons. The van der Waals surface area contributed by atoms with E-state index in [1.54, 1.807) is 25.3 Å². The molecule has 0 aliphatic carbocycles. The van der Waals surface area contributed by atoms with Gasteiger partial charge in [-0.05, 0) is 30.2 Å². The Morgan fingerprint density at radius 1 is 0.833 bits per heavy atom. The molecule has 0 spiro atoms. The van der Waals surface area contributed by atoms with Gasteiger partial charge < -0.3 is 14.2 Å². The highest BCUT2D eigenvalue weighted by Gasteiger charge is 2.22. The summed E-state index contributed by atoms with van der Waals surface area (Å²) in [5, 5.41) is 0. The molecule has 3 rings (SSSR count). The van der Waals surface area contributed by atoms with Crippen LogP contribution in [0.3, 0.4) is 0 Å². The van der Waals surface area contributed by atoms with Crippen molar-refractivity contribution in [2.45, 2.75) is 26.1 Å². The zero-order valence-corrected chi connectivity index (χ0v) is 16.7. The lowest BCUT2D eigenvalue weighted by molar-refractivity contribution is -0.124. The molecule has 1 unspecified atom stereocenters. The van der Waals surface area contributed by atoms with Crippen molar-refractivity contribution in [3.8, 4) is 5.75 Å². The highest BCUT2D eigenvalue weighted by atomic mass is 16.7. The van der Waals surface area contributed by atoms with Gasteiger partial charge in [0.2, 0.25) is 0 Å². The predicted octanol–water partition coefficient (Wildman–Crippen LogP) is 4.69. The highest BCUT2D eigenvalue weighted by Crippen LogP contribution is 2.25. The van der Waals surface area contributed by atoms with Crippen LogP contribution < -0.4 is 4.74 Å². The van der Waals surface area contributed by atoms with Crippen molar-refractivity contribution >= 4 is 11.9 Å². The van der Waals surface area contributed by atoms with Crippen molar-refractivity contribution in [1.82, 2.24) is 4.98 Å². The first-order valence-electron chi connectivity index (χ1n) is 9.61. The molecule has 30 heavy (non-hydrogen) atoms. The van der Waals surface area contributed by atoms with E-state index in [1.807, 2.05) is 60.7 Å². The number of ether oxygens (including phenoxy) is 3. The highest BCUT2D eigenvalue weighted by molar-refractivity contribution is 5.87. The fourth-order valence-electron chi connectivity index (χ4n) is 2.75. The van der Waals surface area contributed by atoms with Crippen LogP contribution in [-0.2, 0) is 27.5 Å². The topological polar surface area (TPSA) is 74.7 Å². The van der Waals surface area contributed by atoms with Gasteiger partial charge in [-0.3, -0.25) is 9.78 Å². The third-order valence-corrected chi connectivity index (χ3v) is 4.46. The van der Waals surface area contributed by atoms with Crippen molar-refractivity contribution in [3.63, 3.8) is 0 Å². The van der Waals surface area contributed by atoms with E-state index in [2.05, 4.69) is 4.98 Å². The van der Waals surface area contributed by atoms with Gasteiger partial charge >= 0.3 is 6.16 Å². The molecular weight excluding hydrogens is 382 g/mol. The van der Waals surface area contributed by atoms with Crippen LogP contribution in [0.5, 0.6) is 5.75 Å². The Labute approximate surface area is 175 Å². The molecule has 1 atom stereocenters. The van der Waals surface area contributed by atoms with Crippen LogP contribution in [0.25, 0.3) is 0 Å². The third kappa shape index (κ3) is 6.17. The molecule has 1 aromatic heterocycles. The molecule has 2 aromatic carbocycles. The van der Waals surface area contributed by atoms with Crippen molar-refractivity contribution < 1.29 is 23.8 Å². The van der Waals surface area contributed by atoms with Gasteiger partial charge in [0.05, 0.1) is 11.6 Å². The first-order chi connectivity index (χ1) is 14.6. The number of carbonyl (C=O) groups is 2. The summed E-state index contributed by atoms with van der Waals surface area (Å²) in [5.74, 6) is -0.373. The maximum absolute atomic E-state index is 12.5. The monoisotopic (exact) mass is 405 g/mol. The van der Waals surface area contributed by atoms with Gasteiger partial charge in [-0.2, -0.15) is 0 Å². The van der Waals surface area contributed by atoms with Crippen LogP contribution in [-0.4, -0.2) is 23.5 Å². The SMILES string of the molecule is CC(C(=O)COC(=O)OCc1ccccc1)c1ncccc1OCc1ccccc1. The van der Waals surface area contributed by atoms with Crippen molar-refractivity contribution in [2.75, 3.05) is 6.61 Å². The molecule has 1 heterocycles. The predicted molar refractivity (Wildman–Crippen MR) is 111 cm³/mol. The number of rotatable bonds is 9. The average molecular weight is 405 g/mol. The number of pyridine rings is 1. The minimum atomic E-state index is -0.888. The van der Waals surface area contributed by atoms with Crippen LogP contribution >= 0.6 is 0 Å². The zero-order valence-electron chi connectivity index (χ0n) is 16.7. The second-order valence-electron chi connectivity index (χ2n) is 6.66. The van der Waals surface area contributed by atoms with E-state index in [4.69, 9.17) is 14.2 Å². The molecule has 0 bridgehead atoms.